The molecule has 1 heterocycles. The molecule has 0 atom stereocenters. The molecule has 3 nitrogen and oxygen atoms in total. The van der Waals surface area contributed by atoms with Crippen molar-refractivity contribution >= 4 is 0 Å². The smallest absolute Gasteiger partial charge is 0.124 e. The molecule has 0 spiro atoms. The summed E-state index contributed by atoms with van der Waals surface area (Å²) < 4.78 is 18.8. The molecule has 0 bridgehead atoms. The molecule has 1 aliphatic heterocycles. The van der Waals surface area contributed by atoms with Gasteiger partial charge in [-0.15, -0.1) is 0 Å². The summed E-state index contributed by atoms with van der Waals surface area (Å²) in [6.45, 7) is 4.21. The van der Waals surface area contributed by atoms with Crippen molar-refractivity contribution < 1.29 is 14.2 Å². The Kier molecular flexibility index (Phi) is 6.00. The Bertz CT molecular complexity index is 485. The molecule has 0 radical (unpaired) electrons. The molecule has 108 valence electrons. The van der Waals surface area contributed by atoms with Gasteiger partial charge in [0.15, 0.2) is 0 Å². The van der Waals surface area contributed by atoms with E-state index in [4.69, 9.17) is 9.84 Å². The highest BCUT2D eigenvalue weighted by atomic mass is 19.1. The van der Waals surface area contributed by atoms with Gasteiger partial charge < -0.3 is 9.84 Å². The maximum absolute atomic E-state index is 13.3. The van der Waals surface area contributed by atoms with Crippen LogP contribution in [-0.2, 0) is 11.3 Å². The van der Waals surface area contributed by atoms with E-state index in [0.29, 0.717) is 12.0 Å². The molecule has 0 amide bonds. The third-order valence-electron chi connectivity index (χ3n) is 3.24. The van der Waals surface area contributed by atoms with Crippen molar-refractivity contribution in [2.45, 2.75) is 19.4 Å². The Hall–Kier alpha value is -1.41. The average Bonchev–Trinajstić information content (AvgIpc) is 2.70. The van der Waals surface area contributed by atoms with Crippen LogP contribution in [0.2, 0.25) is 0 Å². The van der Waals surface area contributed by atoms with Gasteiger partial charge in [0.25, 0.3) is 0 Å². The summed E-state index contributed by atoms with van der Waals surface area (Å²) in [7, 11) is 0. The fraction of sp³-hybridized carbons (Fsp3) is 0.500. The van der Waals surface area contributed by atoms with Crippen molar-refractivity contribution in [2.75, 3.05) is 32.9 Å². The minimum Gasteiger partial charge on any atom is -0.395 e. The Labute approximate surface area is 119 Å². The van der Waals surface area contributed by atoms with Gasteiger partial charge in [-0.05, 0) is 24.1 Å². The molecule has 0 unspecified atom stereocenters. The number of hydrogen-bond donors (Lipinski definition) is 1. The molecular formula is C16H20FNO2. The summed E-state index contributed by atoms with van der Waals surface area (Å²) >= 11 is 0. The van der Waals surface area contributed by atoms with E-state index < -0.39 is 0 Å². The van der Waals surface area contributed by atoms with Gasteiger partial charge in [-0.1, -0.05) is 17.9 Å². The second-order valence-electron chi connectivity index (χ2n) is 4.82. The fourth-order valence-electron chi connectivity index (χ4n) is 2.21. The summed E-state index contributed by atoms with van der Waals surface area (Å²) in [6.07, 6.45) is 1.43. The Balaban J connectivity index is 2.11. The van der Waals surface area contributed by atoms with Crippen molar-refractivity contribution in [1.82, 2.24) is 4.90 Å². The monoisotopic (exact) mass is 277 g/mol. The second kappa shape index (κ2) is 8.01. The van der Waals surface area contributed by atoms with E-state index in [2.05, 4.69) is 16.7 Å². The zero-order chi connectivity index (χ0) is 14.2. The lowest BCUT2D eigenvalue weighted by atomic mass is 10.1. The van der Waals surface area contributed by atoms with E-state index >= 15 is 0 Å². The number of hydrogen-bond acceptors (Lipinski definition) is 3. The van der Waals surface area contributed by atoms with Crippen LogP contribution in [0.1, 0.15) is 24.0 Å². The van der Waals surface area contributed by atoms with Crippen molar-refractivity contribution in [2.24, 2.45) is 0 Å². The maximum Gasteiger partial charge on any atom is 0.124 e. The molecule has 0 aliphatic carbocycles. The summed E-state index contributed by atoms with van der Waals surface area (Å²) in [5, 5.41) is 8.76. The summed E-state index contributed by atoms with van der Waals surface area (Å²) in [5.74, 6) is 5.53. The summed E-state index contributed by atoms with van der Waals surface area (Å²) in [5.41, 5.74) is 1.74. The van der Waals surface area contributed by atoms with Crippen molar-refractivity contribution in [3.8, 4) is 11.8 Å². The zero-order valence-electron chi connectivity index (χ0n) is 11.6. The van der Waals surface area contributed by atoms with Crippen LogP contribution in [0, 0.1) is 17.7 Å². The molecule has 1 aromatic carbocycles. The standard InChI is InChI=1S/C16H20FNO2/c17-16-6-5-15(14(12-16)4-1-2-9-19)13-18-7-3-10-20-11-8-18/h5-6,12,19H,2-3,7-11,13H2. The van der Waals surface area contributed by atoms with Crippen LogP contribution in [-0.4, -0.2) is 42.9 Å². The first kappa shape index (κ1) is 15.0. The van der Waals surface area contributed by atoms with Gasteiger partial charge in [-0.3, -0.25) is 4.90 Å². The highest BCUT2D eigenvalue weighted by Crippen LogP contribution is 2.14. The number of nitrogens with zero attached hydrogens (tertiary/aromatic N) is 1. The highest BCUT2D eigenvalue weighted by Gasteiger charge is 2.11. The molecule has 1 aromatic rings. The predicted molar refractivity (Wildman–Crippen MR) is 75.7 cm³/mol. The lowest BCUT2D eigenvalue weighted by Crippen LogP contribution is -2.26. The van der Waals surface area contributed by atoms with Crippen LogP contribution in [0.3, 0.4) is 0 Å². The number of rotatable bonds is 3. The Morgan fingerprint density at radius 2 is 2.20 bits per heavy atom. The van der Waals surface area contributed by atoms with Crippen LogP contribution in [0.25, 0.3) is 0 Å². The van der Waals surface area contributed by atoms with Gasteiger partial charge in [-0.25, -0.2) is 4.39 Å². The summed E-state index contributed by atoms with van der Waals surface area (Å²) in [4.78, 5) is 2.30. The van der Waals surface area contributed by atoms with Gasteiger partial charge >= 0.3 is 0 Å². The minimum atomic E-state index is -0.277. The molecule has 0 saturated carbocycles. The van der Waals surface area contributed by atoms with Gasteiger partial charge in [-0.2, -0.15) is 0 Å². The third kappa shape index (κ3) is 4.61. The van der Waals surface area contributed by atoms with Gasteiger partial charge in [0, 0.05) is 38.2 Å². The van der Waals surface area contributed by atoms with Crippen LogP contribution >= 0.6 is 0 Å². The first-order valence-electron chi connectivity index (χ1n) is 6.98. The summed E-state index contributed by atoms with van der Waals surface area (Å²) in [6, 6.07) is 4.74. The molecular weight excluding hydrogens is 257 g/mol. The number of ether oxygens (including phenoxy) is 1. The average molecular weight is 277 g/mol. The molecule has 1 aliphatic rings. The molecule has 4 heteroatoms. The normalized spacial score (nSPS) is 16.3. The van der Waals surface area contributed by atoms with Gasteiger partial charge in [0.05, 0.1) is 13.2 Å². The second-order valence-corrected chi connectivity index (χ2v) is 4.82. The Morgan fingerprint density at radius 1 is 1.30 bits per heavy atom. The van der Waals surface area contributed by atoms with Crippen LogP contribution < -0.4 is 0 Å². The maximum atomic E-state index is 13.3. The molecule has 1 N–H and O–H groups in total. The van der Waals surface area contributed by atoms with E-state index in [1.165, 1.54) is 12.1 Å². The SMILES string of the molecule is OCCC#Cc1cc(F)ccc1CN1CCCOCC1. The number of benzene rings is 1. The van der Waals surface area contributed by atoms with Crippen molar-refractivity contribution in [3.05, 3.63) is 35.1 Å². The van der Waals surface area contributed by atoms with Gasteiger partial charge in [0.2, 0.25) is 0 Å². The minimum absolute atomic E-state index is 0.0289. The largest absolute Gasteiger partial charge is 0.395 e. The van der Waals surface area contributed by atoms with Crippen molar-refractivity contribution in [1.29, 1.82) is 0 Å². The van der Waals surface area contributed by atoms with E-state index in [1.54, 1.807) is 6.07 Å². The quantitative estimate of drug-likeness (QED) is 0.855. The fourth-order valence-corrected chi connectivity index (χ4v) is 2.21. The first-order valence-corrected chi connectivity index (χ1v) is 6.98. The number of halogens is 1. The first-order chi connectivity index (χ1) is 9.79. The Morgan fingerprint density at radius 3 is 3.05 bits per heavy atom. The van der Waals surface area contributed by atoms with Gasteiger partial charge in [0.1, 0.15) is 5.82 Å². The molecule has 1 saturated heterocycles. The lowest BCUT2D eigenvalue weighted by Gasteiger charge is -2.19. The number of aliphatic hydroxyl groups excluding tert-OH is 1. The third-order valence-corrected chi connectivity index (χ3v) is 3.24. The molecule has 1 fully saturated rings. The van der Waals surface area contributed by atoms with Crippen LogP contribution in [0.4, 0.5) is 4.39 Å². The van der Waals surface area contributed by atoms with E-state index in [0.717, 1.165) is 44.8 Å². The lowest BCUT2D eigenvalue weighted by molar-refractivity contribution is 0.140. The van der Waals surface area contributed by atoms with E-state index in [9.17, 15) is 4.39 Å². The highest BCUT2D eigenvalue weighted by molar-refractivity contribution is 5.41. The molecule has 20 heavy (non-hydrogen) atoms. The topological polar surface area (TPSA) is 32.7 Å². The van der Waals surface area contributed by atoms with E-state index in [1.807, 2.05) is 0 Å². The molecule has 0 aromatic heterocycles. The number of aliphatic hydroxyl groups is 1. The van der Waals surface area contributed by atoms with Crippen LogP contribution in [0.15, 0.2) is 18.2 Å². The van der Waals surface area contributed by atoms with Crippen LogP contribution in [0.5, 0.6) is 0 Å². The van der Waals surface area contributed by atoms with Crippen molar-refractivity contribution in [3.63, 3.8) is 0 Å². The zero-order valence-corrected chi connectivity index (χ0v) is 11.6. The predicted octanol–water partition coefficient (Wildman–Crippen LogP) is 1.78. The van der Waals surface area contributed by atoms with E-state index in [-0.39, 0.29) is 12.4 Å². The molecule has 2 rings (SSSR count).